The summed E-state index contributed by atoms with van der Waals surface area (Å²) in [7, 11) is 0. The number of unbranched alkanes of at least 4 members (excludes halogenated alkanes) is 18. The monoisotopic (exact) mass is 950 g/mol. The second-order valence-electron chi connectivity index (χ2n) is 18.3. The second kappa shape index (κ2) is 47.5. The van der Waals surface area contributed by atoms with Crippen molar-refractivity contribution in [1.29, 1.82) is 0 Å². The number of nitrogens with one attached hydrogen (secondary N) is 1. The molecule has 1 rings (SSSR count). The summed E-state index contributed by atoms with van der Waals surface area (Å²) in [4.78, 5) is 13.0. The van der Waals surface area contributed by atoms with Crippen LogP contribution in [0.4, 0.5) is 0 Å². The Morgan fingerprint density at radius 2 is 0.926 bits per heavy atom. The summed E-state index contributed by atoms with van der Waals surface area (Å²) in [6, 6.07) is -0.845. The maximum atomic E-state index is 13.0. The summed E-state index contributed by atoms with van der Waals surface area (Å²) in [6.45, 7) is 3.62. The number of carbonyl (C=O) groups excluding carboxylic acids is 1. The van der Waals surface area contributed by atoms with E-state index in [1.165, 1.54) is 64.2 Å². The van der Waals surface area contributed by atoms with Gasteiger partial charge >= 0.3 is 0 Å². The molecule has 0 aromatic heterocycles. The highest BCUT2D eigenvalue weighted by Gasteiger charge is 2.44. The summed E-state index contributed by atoms with van der Waals surface area (Å²) in [6.07, 6.45) is 62.8. The van der Waals surface area contributed by atoms with Crippen molar-refractivity contribution in [3.05, 3.63) is 109 Å². The largest absolute Gasteiger partial charge is 0.394 e. The van der Waals surface area contributed by atoms with Gasteiger partial charge in [-0.25, -0.2) is 0 Å². The van der Waals surface area contributed by atoms with E-state index >= 15 is 0 Å². The van der Waals surface area contributed by atoms with E-state index in [2.05, 4.69) is 116 Å². The second-order valence-corrected chi connectivity index (χ2v) is 18.3. The summed E-state index contributed by atoms with van der Waals surface area (Å²) < 4.78 is 11.2. The SMILES string of the molecule is CC/C=C\C/C=C\C/C=C\C/C=C\C/C=C\C/C=C\CCCCCCCCC(=O)NC(COC1OC(CO)C(O)C(O)C1O)C(O)/C=C/CC/C=C/CC/C=C/CCCCCCCCCCCC. The summed E-state index contributed by atoms with van der Waals surface area (Å²) >= 11 is 0. The third-order valence-electron chi connectivity index (χ3n) is 12.1. The lowest BCUT2D eigenvalue weighted by molar-refractivity contribution is -0.302. The van der Waals surface area contributed by atoms with Crippen molar-refractivity contribution < 1.29 is 39.8 Å². The van der Waals surface area contributed by atoms with Crippen molar-refractivity contribution in [3.63, 3.8) is 0 Å². The fourth-order valence-electron chi connectivity index (χ4n) is 7.78. The zero-order valence-electron chi connectivity index (χ0n) is 42.8. The predicted octanol–water partition coefficient (Wildman–Crippen LogP) is 13.0. The highest BCUT2D eigenvalue weighted by molar-refractivity contribution is 5.76. The molecule has 9 nitrogen and oxygen atoms in total. The first-order valence-corrected chi connectivity index (χ1v) is 27.1. The number of carbonyl (C=O) groups is 1. The highest BCUT2D eigenvalue weighted by Crippen LogP contribution is 2.22. The molecule has 0 bridgehead atoms. The minimum absolute atomic E-state index is 0.210. The molecule has 1 saturated heterocycles. The Morgan fingerprint density at radius 1 is 0.515 bits per heavy atom. The molecule has 388 valence electrons. The molecular weight excluding hydrogens is 851 g/mol. The topological polar surface area (TPSA) is 149 Å². The van der Waals surface area contributed by atoms with Gasteiger partial charge in [0, 0.05) is 6.42 Å². The number of allylic oxidation sites excluding steroid dienone is 17. The lowest BCUT2D eigenvalue weighted by Gasteiger charge is -2.40. The van der Waals surface area contributed by atoms with Crippen LogP contribution >= 0.6 is 0 Å². The third-order valence-corrected chi connectivity index (χ3v) is 12.1. The molecule has 1 aliphatic rings. The molecule has 0 spiro atoms. The molecule has 0 aromatic carbocycles. The van der Waals surface area contributed by atoms with Gasteiger partial charge in [0.1, 0.15) is 24.4 Å². The van der Waals surface area contributed by atoms with E-state index < -0.39 is 49.5 Å². The fourth-order valence-corrected chi connectivity index (χ4v) is 7.78. The molecule has 0 aromatic rings. The number of hydrogen-bond acceptors (Lipinski definition) is 8. The molecule has 0 radical (unpaired) electrons. The van der Waals surface area contributed by atoms with Crippen molar-refractivity contribution >= 4 is 5.91 Å². The summed E-state index contributed by atoms with van der Waals surface area (Å²) in [5, 5.41) is 54.4. The van der Waals surface area contributed by atoms with Gasteiger partial charge in [-0.3, -0.25) is 4.79 Å². The minimum Gasteiger partial charge on any atom is -0.394 e. The van der Waals surface area contributed by atoms with Crippen LogP contribution in [-0.2, 0) is 14.3 Å². The Morgan fingerprint density at radius 3 is 1.41 bits per heavy atom. The van der Waals surface area contributed by atoms with Crippen LogP contribution in [0.25, 0.3) is 0 Å². The zero-order chi connectivity index (χ0) is 49.4. The molecule has 0 saturated carbocycles. The molecule has 1 fully saturated rings. The van der Waals surface area contributed by atoms with Crippen LogP contribution in [0.5, 0.6) is 0 Å². The van der Waals surface area contributed by atoms with Crippen LogP contribution in [0.3, 0.4) is 0 Å². The van der Waals surface area contributed by atoms with Crippen molar-refractivity contribution in [2.24, 2.45) is 0 Å². The van der Waals surface area contributed by atoms with Crippen molar-refractivity contribution in [2.45, 2.75) is 243 Å². The van der Waals surface area contributed by atoms with Crippen LogP contribution in [0, 0.1) is 0 Å². The van der Waals surface area contributed by atoms with Gasteiger partial charge in [0.25, 0.3) is 0 Å². The smallest absolute Gasteiger partial charge is 0.220 e. The van der Waals surface area contributed by atoms with Gasteiger partial charge in [0.05, 0.1) is 25.4 Å². The molecule has 9 heteroatoms. The quantitative estimate of drug-likeness (QED) is 0.0261. The van der Waals surface area contributed by atoms with E-state index in [4.69, 9.17) is 9.47 Å². The molecular formula is C59H99NO8. The zero-order valence-corrected chi connectivity index (χ0v) is 42.8. The van der Waals surface area contributed by atoms with Gasteiger partial charge in [-0.15, -0.1) is 0 Å². The number of hydrogen-bond donors (Lipinski definition) is 6. The van der Waals surface area contributed by atoms with Crippen LogP contribution in [0.15, 0.2) is 109 Å². The number of aliphatic hydroxyl groups is 5. The number of rotatable bonds is 44. The van der Waals surface area contributed by atoms with Crippen molar-refractivity contribution in [1.82, 2.24) is 5.32 Å². The Kier molecular flexibility index (Phi) is 43.9. The minimum atomic E-state index is -1.58. The molecule has 0 aliphatic carbocycles. The van der Waals surface area contributed by atoms with Crippen LogP contribution < -0.4 is 5.32 Å². The van der Waals surface area contributed by atoms with Crippen molar-refractivity contribution in [3.8, 4) is 0 Å². The predicted molar refractivity (Wildman–Crippen MR) is 285 cm³/mol. The first kappa shape index (κ1) is 62.9. The van der Waals surface area contributed by atoms with E-state index in [9.17, 15) is 30.3 Å². The van der Waals surface area contributed by atoms with Gasteiger partial charge in [-0.2, -0.15) is 0 Å². The lowest BCUT2D eigenvalue weighted by atomic mass is 9.99. The van der Waals surface area contributed by atoms with E-state index in [0.717, 1.165) is 116 Å². The molecule has 6 N–H and O–H groups in total. The van der Waals surface area contributed by atoms with E-state index in [1.807, 2.05) is 6.08 Å². The standard InChI is InChI=1S/C59H99NO8/c1-3-5-7-9-11-13-15-17-19-21-23-25-26-27-28-29-31-33-35-37-39-41-43-45-47-49-55(63)60-52(51-67-59-58(66)57(65)56(64)54(50-61)68-59)53(62)48-46-44-42-40-38-36-34-32-30-24-22-20-18-16-14-12-10-8-6-4-2/h5,7,11,13,17,19,23,25,27-28,30-33,38,40,46,48,52-54,56-59,61-62,64-66H,3-4,6,8-10,12,14-16,18,20-22,24,26,29,34-37,39,41-45,47,49-51H2,1-2H3,(H,60,63)/b7-5-,13-11-,19-17-,25-23-,28-27-,32-30+,33-31-,40-38+,48-46+. The number of amides is 1. The summed E-state index contributed by atoms with van der Waals surface area (Å²) in [5.41, 5.74) is 0. The normalized spacial score (nSPS) is 20.5. The van der Waals surface area contributed by atoms with E-state index in [0.29, 0.717) is 6.42 Å². The molecule has 1 heterocycles. The Labute approximate surface area is 415 Å². The van der Waals surface area contributed by atoms with E-state index in [-0.39, 0.29) is 12.5 Å². The average molecular weight is 950 g/mol. The lowest BCUT2D eigenvalue weighted by Crippen LogP contribution is -2.60. The molecule has 7 atom stereocenters. The van der Waals surface area contributed by atoms with Gasteiger partial charge in [-0.05, 0) is 96.3 Å². The van der Waals surface area contributed by atoms with Gasteiger partial charge < -0.3 is 40.3 Å². The first-order valence-electron chi connectivity index (χ1n) is 27.1. The third kappa shape index (κ3) is 36.8. The Balaban J connectivity index is 2.33. The van der Waals surface area contributed by atoms with Gasteiger partial charge in [0.2, 0.25) is 5.91 Å². The Bertz CT molecular complexity index is 1430. The van der Waals surface area contributed by atoms with E-state index in [1.54, 1.807) is 6.08 Å². The van der Waals surface area contributed by atoms with Gasteiger partial charge in [-0.1, -0.05) is 207 Å². The molecule has 68 heavy (non-hydrogen) atoms. The Hall–Kier alpha value is -3.15. The molecule has 7 unspecified atom stereocenters. The van der Waals surface area contributed by atoms with Gasteiger partial charge in [0.15, 0.2) is 6.29 Å². The maximum absolute atomic E-state index is 13.0. The summed E-state index contributed by atoms with van der Waals surface area (Å²) in [5.74, 6) is -0.210. The number of ether oxygens (including phenoxy) is 2. The first-order chi connectivity index (χ1) is 33.3. The molecule has 1 aliphatic heterocycles. The molecule has 1 amide bonds. The average Bonchev–Trinajstić information content (AvgIpc) is 3.34. The van der Waals surface area contributed by atoms with Crippen LogP contribution in [0.1, 0.15) is 200 Å². The van der Waals surface area contributed by atoms with Crippen molar-refractivity contribution in [2.75, 3.05) is 13.2 Å². The number of aliphatic hydroxyl groups excluding tert-OH is 5. The van der Waals surface area contributed by atoms with Crippen LogP contribution in [0.2, 0.25) is 0 Å². The van der Waals surface area contributed by atoms with Crippen LogP contribution in [-0.4, -0.2) is 87.5 Å². The highest BCUT2D eigenvalue weighted by atomic mass is 16.7. The maximum Gasteiger partial charge on any atom is 0.220 e. The fraction of sp³-hybridized carbons (Fsp3) is 0.678.